The number of rotatable bonds is 6. The first-order valence-corrected chi connectivity index (χ1v) is 12.2. The molecule has 2 aromatic rings. The Labute approximate surface area is 217 Å². The molecule has 5 rings (SSSR count). The molecular formula is C26H31NO11. The van der Waals surface area contributed by atoms with Crippen molar-refractivity contribution in [2.24, 2.45) is 0 Å². The normalized spacial score (nSPS) is 32.2. The average molecular weight is 534 g/mol. The highest BCUT2D eigenvalue weighted by molar-refractivity contribution is 5.71. The van der Waals surface area contributed by atoms with Crippen molar-refractivity contribution >= 4 is 0 Å². The van der Waals surface area contributed by atoms with Crippen LogP contribution in [-0.4, -0.2) is 87.9 Å². The van der Waals surface area contributed by atoms with Crippen LogP contribution in [0.1, 0.15) is 28.9 Å². The molecule has 8 atom stereocenters. The number of ether oxygens (including phenoxy) is 5. The third-order valence-corrected chi connectivity index (χ3v) is 7.39. The van der Waals surface area contributed by atoms with Gasteiger partial charge in [-0.25, -0.2) is 0 Å². The minimum Gasteiger partial charge on any atom is -0.504 e. The van der Waals surface area contributed by atoms with E-state index < -0.39 is 55.8 Å². The maximum atomic E-state index is 13.7. The summed E-state index contributed by atoms with van der Waals surface area (Å²) in [5.41, 5.74) is 2.58. The van der Waals surface area contributed by atoms with E-state index in [9.17, 15) is 30.3 Å². The first-order chi connectivity index (χ1) is 18.2. The third kappa shape index (κ3) is 4.23. The van der Waals surface area contributed by atoms with Gasteiger partial charge in [0.05, 0.1) is 30.9 Å². The summed E-state index contributed by atoms with van der Waals surface area (Å²) in [4.78, 5) is 13.7. The second kappa shape index (κ2) is 10.4. The van der Waals surface area contributed by atoms with Crippen LogP contribution in [0.25, 0.3) is 11.3 Å². The second-order valence-corrected chi connectivity index (χ2v) is 9.45. The fraction of sp³-hybridized carbons (Fsp3) is 0.500. The van der Waals surface area contributed by atoms with E-state index in [-0.39, 0.29) is 16.9 Å². The average Bonchev–Trinajstić information content (AvgIpc) is 2.92. The molecule has 0 radical (unpaired) electrons. The summed E-state index contributed by atoms with van der Waals surface area (Å²) >= 11 is 0. The predicted molar refractivity (Wildman–Crippen MR) is 130 cm³/mol. The van der Waals surface area contributed by atoms with Crippen molar-refractivity contribution in [2.45, 2.75) is 62.2 Å². The van der Waals surface area contributed by atoms with E-state index in [0.29, 0.717) is 35.5 Å². The molecule has 1 fully saturated rings. The lowest BCUT2D eigenvalue weighted by atomic mass is 9.87. The lowest BCUT2D eigenvalue weighted by Crippen LogP contribution is -2.60. The smallest absolute Gasteiger partial charge is 0.259 e. The molecule has 0 spiro atoms. The van der Waals surface area contributed by atoms with Gasteiger partial charge in [-0.15, -0.1) is 6.58 Å². The van der Waals surface area contributed by atoms with Gasteiger partial charge < -0.3 is 53.8 Å². The van der Waals surface area contributed by atoms with Crippen molar-refractivity contribution < 1.29 is 49.2 Å². The maximum absolute atomic E-state index is 13.7. The fourth-order valence-corrected chi connectivity index (χ4v) is 5.35. The number of aliphatic hydroxyl groups excluding tert-OH is 4. The number of benzene rings is 1. The molecule has 0 bridgehead atoms. The molecule has 3 aliphatic rings. The number of hydrogen-bond donors (Lipinski definition) is 5. The SMILES string of the molecule is C=C[C@@H]1c2cc3n(c(=O)c2[C@H](OC)O[C@H]1O[C@@H]1O[C@H](CO)[C@@H](O)[C@H](O)[C@H]1O)CCc1cc(OC)c(O)cc1-3. The molecule has 0 unspecified atom stereocenters. The number of aromatic hydroxyl groups is 1. The molecule has 12 heteroatoms. The molecule has 38 heavy (non-hydrogen) atoms. The molecule has 1 aromatic heterocycles. The Morgan fingerprint density at radius 2 is 1.87 bits per heavy atom. The minimum atomic E-state index is -1.65. The Bertz CT molecular complexity index is 1270. The lowest BCUT2D eigenvalue weighted by molar-refractivity contribution is -0.358. The van der Waals surface area contributed by atoms with Crippen LogP contribution in [0.2, 0.25) is 0 Å². The largest absolute Gasteiger partial charge is 0.504 e. The van der Waals surface area contributed by atoms with Crippen molar-refractivity contribution in [1.29, 1.82) is 0 Å². The number of hydrogen-bond acceptors (Lipinski definition) is 11. The van der Waals surface area contributed by atoms with Crippen LogP contribution in [0.4, 0.5) is 0 Å². The highest BCUT2D eigenvalue weighted by Crippen LogP contribution is 2.43. The Morgan fingerprint density at radius 3 is 2.53 bits per heavy atom. The van der Waals surface area contributed by atoms with Crippen LogP contribution in [0, 0.1) is 0 Å². The summed E-state index contributed by atoms with van der Waals surface area (Å²) in [5.74, 6) is -0.464. The molecule has 3 aliphatic heterocycles. The summed E-state index contributed by atoms with van der Waals surface area (Å²) in [5, 5.41) is 50.7. The molecule has 5 N–H and O–H groups in total. The number of methoxy groups -OCH3 is 2. The topological polar surface area (TPSA) is 169 Å². The molecule has 1 aromatic carbocycles. The summed E-state index contributed by atoms with van der Waals surface area (Å²) in [7, 11) is 2.84. The van der Waals surface area contributed by atoms with Gasteiger partial charge in [-0.1, -0.05) is 6.08 Å². The van der Waals surface area contributed by atoms with Gasteiger partial charge in [0, 0.05) is 19.2 Å². The van der Waals surface area contributed by atoms with Crippen LogP contribution in [-0.2, 0) is 31.9 Å². The zero-order valence-electron chi connectivity index (χ0n) is 20.9. The predicted octanol–water partition coefficient (Wildman–Crippen LogP) is -0.127. The van der Waals surface area contributed by atoms with Gasteiger partial charge in [0.25, 0.3) is 5.56 Å². The fourth-order valence-electron chi connectivity index (χ4n) is 5.35. The van der Waals surface area contributed by atoms with Gasteiger partial charge in [0.15, 0.2) is 30.4 Å². The minimum absolute atomic E-state index is 0.0629. The van der Waals surface area contributed by atoms with E-state index in [0.717, 1.165) is 5.56 Å². The van der Waals surface area contributed by atoms with Gasteiger partial charge in [0.2, 0.25) is 0 Å². The first-order valence-electron chi connectivity index (χ1n) is 12.2. The van der Waals surface area contributed by atoms with E-state index in [4.69, 9.17) is 23.7 Å². The summed E-state index contributed by atoms with van der Waals surface area (Å²) in [6.07, 6.45) is -7.73. The van der Waals surface area contributed by atoms with Gasteiger partial charge in [0.1, 0.15) is 24.4 Å². The molecule has 0 amide bonds. The molecule has 4 heterocycles. The molecular weight excluding hydrogens is 502 g/mol. The van der Waals surface area contributed by atoms with E-state index in [1.807, 2.05) is 0 Å². The van der Waals surface area contributed by atoms with Crippen LogP contribution in [0.5, 0.6) is 11.5 Å². The molecule has 206 valence electrons. The Kier molecular flexibility index (Phi) is 7.33. The zero-order chi connectivity index (χ0) is 27.3. The highest BCUT2D eigenvalue weighted by Gasteiger charge is 2.47. The zero-order valence-corrected chi connectivity index (χ0v) is 20.9. The van der Waals surface area contributed by atoms with Crippen molar-refractivity contribution in [3.63, 3.8) is 0 Å². The standard InChI is InChI=1S/C26H31NO11/c1-4-12-14-8-15-13-9-16(29)17(34-2)7-11(13)5-6-27(15)23(33)19(14)25(35-3)37-24(12)38-26-22(32)21(31)20(30)18(10-28)36-26/h4,7-9,12,18,20-22,24-26,28-32H,1,5-6,10H2,2-3H3/t12-,18-,20-,21+,22-,24+,25-,26+/m1/s1. The molecule has 0 aliphatic carbocycles. The summed E-state index contributed by atoms with van der Waals surface area (Å²) in [6.45, 7) is 3.65. The number of nitrogens with zero attached hydrogens (tertiary/aromatic N) is 1. The lowest BCUT2D eigenvalue weighted by Gasteiger charge is -2.43. The van der Waals surface area contributed by atoms with E-state index in [2.05, 4.69) is 6.58 Å². The van der Waals surface area contributed by atoms with Crippen LogP contribution in [0.15, 0.2) is 35.6 Å². The maximum Gasteiger partial charge on any atom is 0.259 e. The monoisotopic (exact) mass is 533 g/mol. The number of fused-ring (bicyclic) bond motifs is 4. The quantitative estimate of drug-likeness (QED) is 0.314. The molecule has 12 nitrogen and oxygen atoms in total. The number of aliphatic hydroxyl groups is 4. The highest BCUT2D eigenvalue weighted by atomic mass is 16.8. The van der Waals surface area contributed by atoms with E-state index >= 15 is 0 Å². The van der Waals surface area contributed by atoms with Crippen molar-refractivity contribution in [1.82, 2.24) is 4.57 Å². The van der Waals surface area contributed by atoms with Crippen molar-refractivity contribution in [2.75, 3.05) is 20.8 Å². The van der Waals surface area contributed by atoms with Gasteiger partial charge >= 0.3 is 0 Å². The Balaban J connectivity index is 1.57. The van der Waals surface area contributed by atoms with Crippen LogP contribution < -0.4 is 10.3 Å². The number of phenolic OH excluding ortho intramolecular Hbond substituents is 1. The third-order valence-electron chi connectivity index (χ3n) is 7.39. The second-order valence-electron chi connectivity index (χ2n) is 9.45. The summed E-state index contributed by atoms with van der Waals surface area (Å²) in [6, 6.07) is 5.10. The van der Waals surface area contributed by atoms with Crippen LogP contribution in [0.3, 0.4) is 0 Å². The number of phenols is 1. The number of aryl methyl sites for hydroxylation is 1. The van der Waals surface area contributed by atoms with E-state index in [1.54, 1.807) is 22.8 Å². The molecule has 0 saturated carbocycles. The van der Waals surface area contributed by atoms with Gasteiger partial charge in [-0.05, 0) is 35.7 Å². The van der Waals surface area contributed by atoms with Crippen molar-refractivity contribution in [3.05, 3.63) is 57.9 Å². The number of pyridine rings is 1. The first kappa shape index (κ1) is 26.8. The number of aromatic nitrogens is 1. The molecule has 1 saturated heterocycles. The van der Waals surface area contributed by atoms with Gasteiger partial charge in [-0.2, -0.15) is 0 Å². The van der Waals surface area contributed by atoms with E-state index in [1.165, 1.54) is 20.3 Å². The summed E-state index contributed by atoms with van der Waals surface area (Å²) < 4.78 is 29.7. The Hall–Kier alpha value is -2.81. The van der Waals surface area contributed by atoms with Crippen LogP contribution >= 0.6 is 0 Å². The van der Waals surface area contributed by atoms with Crippen molar-refractivity contribution in [3.8, 4) is 22.8 Å². The Morgan fingerprint density at radius 1 is 1.11 bits per heavy atom. The van der Waals surface area contributed by atoms with Gasteiger partial charge in [-0.3, -0.25) is 4.79 Å².